The van der Waals surface area contributed by atoms with Crippen molar-refractivity contribution in [1.29, 1.82) is 0 Å². The molecule has 4 nitrogen and oxygen atoms in total. The molecule has 0 saturated heterocycles. The van der Waals surface area contributed by atoms with Crippen LogP contribution in [0.3, 0.4) is 0 Å². The van der Waals surface area contributed by atoms with Gasteiger partial charge in [0.1, 0.15) is 6.54 Å². The largest absolute Gasteiger partial charge is 0.405 e. The Bertz CT molecular complexity index is 431. The fourth-order valence-corrected chi connectivity index (χ4v) is 1.36. The lowest BCUT2D eigenvalue weighted by molar-refractivity contribution is -0.119. The maximum Gasteiger partial charge on any atom is 0.405 e. The van der Waals surface area contributed by atoms with E-state index in [1.54, 1.807) is 0 Å². The molecule has 94 valence electrons. The van der Waals surface area contributed by atoms with Crippen LogP contribution in [0.25, 0.3) is 0 Å². The summed E-state index contributed by atoms with van der Waals surface area (Å²) in [5.41, 5.74) is 10.9. The van der Waals surface area contributed by atoms with Gasteiger partial charge in [0, 0.05) is 18.4 Å². The van der Waals surface area contributed by atoms with Gasteiger partial charge in [0.2, 0.25) is 0 Å². The quantitative estimate of drug-likeness (QED) is 0.792. The van der Waals surface area contributed by atoms with Crippen LogP contribution in [0.4, 0.5) is 24.5 Å². The van der Waals surface area contributed by atoms with Gasteiger partial charge in [0.05, 0.1) is 5.56 Å². The highest BCUT2D eigenvalue weighted by Gasteiger charge is 2.29. The van der Waals surface area contributed by atoms with Gasteiger partial charge in [-0.2, -0.15) is 13.2 Å². The Balaban J connectivity index is 3.00. The standard InChI is InChI=1S/C10H12F3N3O/c1-16(5-10(11,12)13)6-2-3-8(14)7(4-6)9(15)17/h2-4H,5,14H2,1H3,(H2,15,17). The van der Waals surface area contributed by atoms with Gasteiger partial charge in [0.25, 0.3) is 5.91 Å². The first-order valence-electron chi connectivity index (χ1n) is 4.68. The molecule has 0 aliphatic carbocycles. The fraction of sp³-hybridized carbons (Fsp3) is 0.300. The van der Waals surface area contributed by atoms with Crippen LogP contribution in [0, 0.1) is 0 Å². The first kappa shape index (κ1) is 13.1. The lowest BCUT2D eigenvalue weighted by Crippen LogP contribution is -2.31. The number of primary amides is 1. The van der Waals surface area contributed by atoms with Crippen molar-refractivity contribution in [2.45, 2.75) is 6.18 Å². The molecular weight excluding hydrogens is 235 g/mol. The average Bonchev–Trinajstić information content (AvgIpc) is 2.14. The zero-order chi connectivity index (χ0) is 13.2. The van der Waals surface area contributed by atoms with Crippen molar-refractivity contribution in [3.8, 4) is 0 Å². The summed E-state index contributed by atoms with van der Waals surface area (Å²) in [6.45, 7) is -1.12. The molecule has 0 saturated carbocycles. The second kappa shape index (κ2) is 4.52. The molecule has 0 bridgehead atoms. The van der Waals surface area contributed by atoms with Crippen molar-refractivity contribution >= 4 is 17.3 Å². The molecule has 1 aromatic rings. The molecule has 0 spiro atoms. The van der Waals surface area contributed by atoms with Crippen LogP contribution in [-0.4, -0.2) is 25.7 Å². The minimum atomic E-state index is -4.32. The second-order valence-corrected chi connectivity index (χ2v) is 3.61. The summed E-state index contributed by atoms with van der Waals surface area (Å²) in [5, 5.41) is 0. The van der Waals surface area contributed by atoms with Crippen molar-refractivity contribution in [3.05, 3.63) is 23.8 Å². The summed E-state index contributed by atoms with van der Waals surface area (Å²) in [7, 11) is 1.27. The number of amides is 1. The van der Waals surface area contributed by atoms with Crippen molar-refractivity contribution in [2.75, 3.05) is 24.2 Å². The summed E-state index contributed by atoms with van der Waals surface area (Å²) in [6.07, 6.45) is -4.32. The number of nitrogens with two attached hydrogens (primary N) is 2. The molecule has 0 radical (unpaired) electrons. The van der Waals surface area contributed by atoms with Gasteiger partial charge < -0.3 is 16.4 Å². The van der Waals surface area contributed by atoms with Crippen molar-refractivity contribution in [3.63, 3.8) is 0 Å². The van der Waals surface area contributed by atoms with Crippen molar-refractivity contribution in [2.24, 2.45) is 5.73 Å². The highest BCUT2D eigenvalue weighted by molar-refractivity contribution is 5.99. The molecule has 17 heavy (non-hydrogen) atoms. The zero-order valence-corrected chi connectivity index (χ0v) is 9.08. The Kier molecular flexibility index (Phi) is 3.50. The number of nitrogen functional groups attached to an aromatic ring is 1. The summed E-state index contributed by atoms with van der Waals surface area (Å²) in [4.78, 5) is 11.9. The predicted octanol–water partition coefficient (Wildman–Crippen LogP) is 1.37. The zero-order valence-electron chi connectivity index (χ0n) is 9.08. The molecule has 1 aromatic carbocycles. The first-order valence-corrected chi connectivity index (χ1v) is 4.68. The minimum Gasteiger partial charge on any atom is -0.398 e. The molecular formula is C10H12F3N3O. The molecule has 7 heteroatoms. The Hall–Kier alpha value is -1.92. The van der Waals surface area contributed by atoms with E-state index in [9.17, 15) is 18.0 Å². The van der Waals surface area contributed by atoms with E-state index in [2.05, 4.69) is 0 Å². The molecule has 1 amide bonds. The van der Waals surface area contributed by atoms with E-state index in [1.807, 2.05) is 0 Å². The molecule has 1 rings (SSSR count). The predicted molar refractivity (Wildman–Crippen MR) is 58.7 cm³/mol. The Morgan fingerprint density at radius 1 is 1.41 bits per heavy atom. The van der Waals surface area contributed by atoms with Gasteiger partial charge in [-0.25, -0.2) is 0 Å². The topological polar surface area (TPSA) is 72.3 Å². The molecule has 0 aromatic heterocycles. The number of benzene rings is 1. The Morgan fingerprint density at radius 2 is 2.00 bits per heavy atom. The van der Waals surface area contributed by atoms with E-state index >= 15 is 0 Å². The number of alkyl halides is 3. The number of carbonyl (C=O) groups is 1. The summed E-state index contributed by atoms with van der Waals surface area (Å²) in [5.74, 6) is -0.773. The number of halogens is 3. The SMILES string of the molecule is CN(CC(F)(F)F)c1ccc(N)c(C(N)=O)c1. The van der Waals surface area contributed by atoms with Gasteiger partial charge in [-0.3, -0.25) is 4.79 Å². The number of anilines is 2. The number of hydrogen-bond acceptors (Lipinski definition) is 3. The lowest BCUT2D eigenvalue weighted by atomic mass is 10.1. The molecule has 4 N–H and O–H groups in total. The third-order valence-corrected chi connectivity index (χ3v) is 2.16. The number of rotatable bonds is 3. The number of hydrogen-bond donors (Lipinski definition) is 2. The maximum absolute atomic E-state index is 12.2. The van der Waals surface area contributed by atoms with Gasteiger partial charge in [-0.1, -0.05) is 0 Å². The van der Waals surface area contributed by atoms with Crippen LogP contribution < -0.4 is 16.4 Å². The third kappa shape index (κ3) is 3.54. The normalized spacial score (nSPS) is 11.3. The fourth-order valence-electron chi connectivity index (χ4n) is 1.36. The summed E-state index contributed by atoms with van der Waals surface area (Å²) < 4.78 is 36.5. The third-order valence-electron chi connectivity index (χ3n) is 2.16. The van der Waals surface area contributed by atoms with E-state index in [4.69, 9.17) is 11.5 Å². The molecule has 0 aliphatic rings. The number of carbonyl (C=O) groups excluding carboxylic acids is 1. The Morgan fingerprint density at radius 3 is 2.47 bits per heavy atom. The highest BCUT2D eigenvalue weighted by atomic mass is 19.4. The smallest absolute Gasteiger partial charge is 0.398 e. The van der Waals surface area contributed by atoms with Crippen molar-refractivity contribution < 1.29 is 18.0 Å². The van der Waals surface area contributed by atoms with Gasteiger partial charge in [0.15, 0.2) is 0 Å². The molecule has 0 heterocycles. The van der Waals surface area contributed by atoms with Gasteiger partial charge in [-0.15, -0.1) is 0 Å². The van der Waals surface area contributed by atoms with Gasteiger partial charge in [-0.05, 0) is 18.2 Å². The maximum atomic E-state index is 12.2. The molecule has 0 aliphatic heterocycles. The second-order valence-electron chi connectivity index (χ2n) is 3.61. The van der Waals surface area contributed by atoms with Crippen LogP contribution in [0.2, 0.25) is 0 Å². The van der Waals surface area contributed by atoms with Crippen LogP contribution >= 0.6 is 0 Å². The summed E-state index contributed by atoms with van der Waals surface area (Å²) >= 11 is 0. The molecule has 0 fully saturated rings. The van der Waals surface area contributed by atoms with Crippen LogP contribution in [0.15, 0.2) is 18.2 Å². The Labute approximate surface area is 96.0 Å². The monoisotopic (exact) mass is 247 g/mol. The molecule has 0 atom stereocenters. The van der Waals surface area contributed by atoms with E-state index in [0.29, 0.717) is 0 Å². The molecule has 0 unspecified atom stereocenters. The minimum absolute atomic E-state index is 0.0107. The van der Waals surface area contributed by atoms with E-state index in [-0.39, 0.29) is 16.9 Å². The highest BCUT2D eigenvalue weighted by Crippen LogP contribution is 2.23. The summed E-state index contributed by atoms with van der Waals surface area (Å²) in [6, 6.07) is 3.99. The van der Waals surface area contributed by atoms with Crippen LogP contribution in [0.5, 0.6) is 0 Å². The van der Waals surface area contributed by atoms with Crippen molar-refractivity contribution in [1.82, 2.24) is 0 Å². The van der Waals surface area contributed by atoms with E-state index in [0.717, 1.165) is 4.90 Å². The van der Waals surface area contributed by atoms with Crippen LogP contribution in [0.1, 0.15) is 10.4 Å². The first-order chi connectivity index (χ1) is 7.70. The lowest BCUT2D eigenvalue weighted by Gasteiger charge is -2.21. The van der Waals surface area contributed by atoms with Gasteiger partial charge >= 0.3 is 6.18 Å². The van der Waals surface area contributed by atoms with E-state index in [1.165, 1.54) is 25.2 Å². The van der Waals surface area contributed by atoms with E-state index < -0.39 is 18.6 Å². The van der Waals surface area contributed by atoms with Crippen LogP contribution in [-0.2, 0) is 0 Å². The average molecular weight is 247 g/mol. The number of nitrogens with zero attached hydrogens (tertiary/aromatic N) is 1.